The Morgan fingerprint density at radius 3 is 2.67 bits per heavy atom. The highest BCUT2D eigenvalue weighted by Crippen LogP contribution is 2.27. The maximum atomic E-state index is 10.3. The van der Waals surface area contributed by atoms with Crippen molar-refractivity contribution in [2.75, 3.05) is 12.8 Å². The normalized spacial score (nSPS) is 9.50. The first-order chi connectivity index (χ1) is 5.69. The molecule has 1 heterocycles. The van der Waals surface area contributed by atoms with Crippen molar-refractivity contribution in [1.29, 1.82) is 0 Å². The van der Waals surface area contributed by atoms with Crippen molar-refractivity contribution in [1.82, 2.24) is 9.97 Å². The number of methoxy groups -OCH3 is 1. The minimum absolute atomic E-state index is 0.0664. The third-order valence-electron chi connectivity index (χ3n) is 1.33. The number of nitrogens with two attached hydrogens (primary N) is 1. The molecule has 1 rings (SSSR count). The highest BCUT2D eigenvalue weighted by Gasteiger charge is 2.10. The molecule has 2 N–H and O–H groups in total. The summed E-state index contributed by atoms with van der Waals surface area (Å²) < 4.78 is 4.77. The van der Waals surface area contributed by atoms with Crippen LogP contribution in [0.2, 0.25) is 0 Å². The summed E-state index contributed by atoms with van der Waals surface area (Å²) in [6.45, 7) is 1.61. The molecular formula is C6H8N4O2. The van der Waals surface area contributed by atoms with Crippen molar-refractivity contribution in [3.63, 3.8) is 0 Å². The smallest absolute Gasteiger partial charge is 0.248 e. The second-order valence-corrected chi connectivity index (χ2v) is 2.12. The molecule has 1 aromatic rings. The van der Waals surface area contributed by atoms with Gasteiger partial charge in [-0.3, -0.25) is 0 Å². The fourth-order valence-electron chi connectivity index (χ4n) is 0.809. The Balaban J connectivity index is 3.33. The van der Waals surface area contributed by atoms with E-state index in [0.717, 1.165) is 0 Å². The zero-order valence-electron chi connectivity index (χ0n) is 6.74. The number of aromatic nitrogens is 2. The van der Waals surface area contributed by atoms with Crippen LogP contribution in [-0.2, 0) is 0 Å². The van der Waals surface area contributed by atoms with Crippen LogP contribution in [0.3, 0.4) is 0 Å². The molecule has 0 aliphatic carbocycles. The van der Waals surface area contributed by atoms with Crippen LogP contribution >= 0.6 is 0 Å². The van der Waals surface area contributed by atoms with E-state index < -0.39 is 0 Å². The van der Waals surface area contributed by atoms with Crippen LogP contribution < -0.4 is 10.5 Å². The number of hydrogen-bond acceptors (Lipinski definition) is 6. The Morgan fingerprint density at radius 2 is 2.17 bits per heavy atom. The second kappa shape index (κ2) is 3.12. The predicted octanol–water partition coefficient (Wildman–Crippen LogP) is 0.774. The van der Waals surface area contributed by atoms with Crippen LogP contribution in [0.1, 0.15) is 5.69 Å². The summed E-state index contributed by atoms with van der Waals surface area (Å²) in [5, 5.41) is 2.73. The monoisotopic (exact) mass is 168 g/mol. The molecule has 1 aromatic heterocycles. The minimum Gasteiger partial charge on any atom is -0.479 e. The Kier molecular flexibility index (Phi) is 2.18. The predicted molar refractivity (Wildman–Crippen MR) is 43.2 cm³/mol. The third kappa shape index (κ3) is 1.31. The van der Waals surface area contributed by atoms with Gasteiger partial charge in [0.1, 0.15) is 0 Å². The summed E-state index contributed by atoms with van der Waals surface area (Å²) in [5.41, 5.74) is 5.81. The molecular weight excluding hydrogens is 160 g/mol. The maximum Gasteiger partial charge on any atom is 0.248 e. The summed E-state index contributed by atoms with van der Waals surface area (Å²) in [4.78, 5) is 17.7. The largest absolute Gasteiger partial charge is 0.479 e. The van der Waals surface area contributed by atoms with Gasteiger partial charge in [0.05, 0.1) is 12.8 Å². The number of hydrogen-bond donors (Lipinski definition) is 1. The summed E-state index contributed by atoms with van der Waals surface area (Å²) in [6, 6.07) is 0. The third-order valence-corrected chi connectivity index (χ3v) is 1.33. The fourth-order valence-corrected chi connectivity index (χ4v) is 0.809. The van der Waals surface area contributed by atoms with Crippen molar-refractivity contribution >= 4 is 11.6 Å². The Labute approximate surface area is 68.7 Å². The molecule has 0 amide bonds. The van der Waals surface area contributed by atoms with Crippen LogP contribution in [-0.4, -0.2) is 17.1 Å². The topological polar surface area (TPSA) is 90.5 Å². The molecule has 0 fully saturated rings. The van der Waals surface area contributed by atoms with Gasteiger partial charge in [-0.1, -0.05) is 0 Å². The number of nitrogens with zero attached hydrogens (tertiary/aromatic N) is 3. The first-order valence-electron chi connectivity index (χ1n) is 3.20. The number of ether oxygens (including phenoxy) is 1. The van der Waals surface area contributed by atoms with Crippen molar-refractivity contribution < 1.29 is 4.74 Å². The number of anilines is 1. The van der Waals surface area contributed by atoms with Gasteiger partial charge in [0, 0.05) is 0 Å². The molecule has 0 atom stereocenters. The average Bonchev–Trinajstić information content (AvgIpc) is 2.03. The molecule has 0 radical (unpaired) electrons. The molecule has 12 heavy (non-hydrogen) atoms. The number of rotatable bonds is 2. The lowest BCUT2D eigenvalue weighted by atomic mass is 10.4. The van der Waals surface area contributed by atoms with Crippen molar-refractivity contribution in [2.45, 2.75) is 6.92 Å². The van der Waals surface area contributed by atoms with E-state index in [2.05, 4.69) is 15.1 Å². The van der Waals surface area contributed by atoms with E-state index in [9.17, 15) is 4.91 Å². The highest BCUT2D eigenvalue weighted by atomic mass is 16.5. The Hall–Kier alpha value is -1.72. The molecule has 0 aliphatic rings. The zero-order chi connectivity index (χ0) is 9.14. The Morgan fingerprint density at radius 1 is 1.50 bits per heavy atom. The van der Waals surface area contributed by atoms with Gasteiger partial charge < -0.3 is 10.5 Å². The molecule has 0 unspecified atom stereocenters. The molecule has 6 heteroatoms. The van der Waals surface area contributed by atoms with E-state index in [4.69, 9.17) is 10.5 Å². The summed E-state index contributed by atoms with van der Waals surface area (Å²) >= 11 is 0. The summed E-state index contributed by atoms with van der Waals surface area (Å²) in [7, 11) is 1.38. The van der Waals surface area contributed by atoms with Crippen LogP contribution in [0, 0.1) is 11.8 Å². The van der Waals surface area contributed by atoms with Crippen molar-refractivity contribution in [3.05, 3.63) is 10.6 Å². The van der Waals surface area contributed by atoms with Crippen LogP contribution in [0.15, 0.2) is 5.18 Å². The summed E-state index contributed by atoms with van der Waals surface area (Å²) in [5.74, 6) is 0.173. The molecule has 0 aromatic carbocycles. The van der Waals surface area contributed by atoms with Gasteiger partial charge in [-0.2, -0.15) is 4.98 Å². The number of nitroso groups, excluding NO2 is 1. The van der Waals surface area contributed by atoms with Gasteiger partial charge in [-0.25, -0.2) is 4.98 Å². The zero-order valence-corrected chi connectivity index (χ0v) is 6.74. The Bertz CT molecular complexity index is 313. The van der Waals surface area contributed by atoms with E-state index in [1.54, 1.807) is 6.92 Å². The van der Waals surface area contributed by atoms with Gasteiger partial charge in [0.2, 0.25) is 11.8 Å². The fraction of sp³-hybridized carbons (Fsp3) is 0.333. The van der Waals surface area contributed by atoms with Gasteiger partial charge in [-0.15, -0.1) is 4.91 Å². The van der Waals surface area contributed by atoms with E-state index in [1.165, 1.54) is 7.11 Å². The molecule has 0 saturated carbocycles. The lowest BCUT2D eigenvalue weighted by Crippen LogP contribution is -1.99. The lowest BCUT2D eigenvalue weighted by Gasteiger charge is -2.03. The first kappa shape index (κ1) is 8.38. The quantitative estimate of drug-likeness (QED) is 0.658. The molecule has 0 aliphatic heterocycles. The molecule has 0 spiro atoms. The standard InChI is InChI=1S/C6H8N4O2/c1-3-4(10-11)5(12-2)9-6(7)8-3/h1-2H3,(H2,7,8,9). The van der Waals surface area contributed by atoms with Crippen molar-refractivity contribution in [2.24, 2.45) is 5.18 Å². The maximum absolute atomic E-state index is 10.3. The van der Waals surface area contributed by atoms with E-state index in [0.29, 0.717) is 5.69 Å². The molecule has 0 bridgehead atoms. The number of aryl methyl sites for hydroxylation is 1. The van der Waals surface area contributed by atoms with Crippen LogP contribution in [0.5, 0.6) is 5.88 Å². The van der Waals surface area contributed by atoms with Gasteiger partial charge in [0.25, 0.3) is 0 Å². The highest BCUT2D eigenvalue weighted by molar-refractivity contribution is 5.52. The van der Waals surface area contributed by atoms with Crippen LogP contribution in [0.4, 0.5) is 11.6 Å². The van der Waals surface area contributed by atoms with Gasteiger partial charge in [-0.05, 0) is 12.1 Å². The van der Waals surface area contributed by atoms with Crippen molar-refractivity contribution in [3.8, 4) is 5.88 Å². The van der Waals surface area contributed by atoms with E-state index in [-0.39, 0.29) is 17.5 Å². The first-order valence-corrected chi connectivity index (χ1v) is 3.20. The minimum atomic E-state index is 0.0664. The number of nitrogen functional groups attached to an aromatic ring is 1. The van der Waals surface area contributed by atoms with E-state index >= 15 is 0 Å². The van der Waals surface area contributed by atoms with Gasteiger partial charge in [0.15, 0.2) is 5.69 Å². The lowest BCUT2D eigenvalue weighted by molar-refractivity contribution is 0.398. The second-order valence-electron chi connectivity index (χ2n) is 2.12. The average molecular weight is 168 g/mol. The molecule has 64 valence electrons. The SMILES string of the molecule is COc1nc(N)nc(C)c1N=O. The van der Waals surface area contributed by atoms with Crippen LogP contribution in [0.25, 0.3) is 0 Å². The summed E-state index contributed by atoms with van der Waals surface area (Å²) in [6.07, 6.45) is 0. The molecule has 0 saturated heterocycles. The van der Waals surface area contributed by atoms with Gasteiger partial charge >= 0.3 is 0 Å². The van der Waals surface area contributed by atoms with E-state index in [1.807, 2.05) is 0 Å². The molecule has 6 nitrogen and oxygen atoms in total.